The molecule has 6 heteroatoms. The largest absolute Gasteiger partial charge is 0.598 e. The van der Waals surface area contributed by atoms with E-state index in [-0.39, 0.29) is 11.7 Å². The van der Waals surface area contributed by atoms with Crippen LogP contribution in [0.3, 0.4) is 0 Å². The van der Waals surface area contributed by atoms with Gasteiger partial charge in [-0.05, 0) is 33.3 Å². The number of hydrogen-bond donors (Lipinski definition) is 1. The minimum atomic E-state index is -1.34. The highest BCUT2D eigenvalue weighted by atomic mass is 32.2. The van der Waals surface area contributed by atoms with E-state index >= 15 is 0 Å². The molecule has 1 aromatic rings. The Hall–Kier alpha value is -1.29. The van der Waals surface area contributed by atoms with E-state index in [2.05, 4.69) is 10.8 Å². The van der Waals surface area contributed by atoms with Crippen molar-refractivity contribution in [2.45, 2.75) is 43.9 Å². The van der Waals surface area contributed by atoms with Crippen LogP contribution in [0.4, 0.5) is 4.39 Å². The van der Waals surface area contributed by atoms with Crippen molar-refractivity contribution in [2.75, 3.05) is 6.61 Å². The van der Waals surface area contributed by atoms with E-state index in [1.54, 1.807) is 6.07 Å². The minimum absolute atomic E-state index is 0.161. The lowest BCUT2D eigenvalue weighted by atomic mass is 9.87. The molecule has 0 saturated heterocycles. The van der Waals surface area contributed by atoms with Gasteiger partial charge in [-0.15, -0.1) is 4.72 Å². The Bertz CT molecular complexity index is 554. The number of nitrogens with one attached hydrogen (secondary N) is 1. The molecule has 1 heterocycles. The molecule has 0 fully saturated rings. The summed E-state index contributed by atoms with van der Waals surface area (Å²) in [5, 5.41) is 9.41. The van der Waals surface area contributed by atoms with E-state index in [1.807, 2.05) is 20.8 Å². The lowest BCUT2D eigenvalue weighted by Crippen LogP contribution is -2.47. The Balaban J connectivity index is 2.23. The molecule has 114 valence electrons. The van der Waals surface area contributed by atoms with Crippen LogP contribution >= 0.6 is 0 Å². The molecule has 0 aliphatic carbocycles. The van der Waals surface area contributed by atoms with Crippen LogP contribution in [0.25, 0.3) is 0 Å². The van der Waals surface area contributed by atoms with Crippen LogP contribution in [-0.4, -0.2) is 21.9 Å². The van der Waals surface area contributed by atoms with Gasteiger partial charge in [-0.2, -0.15) is 5.26 Å². The fourth-order valence-electron chi connectivity index (χ4n) is 2.23. The first-order valence-corrected chi connectivity index (χ1v) is 7.98. The molecule has 1 aliphatic rings. The summed E-state index contributed by atoms with van der Waals surface area (Å²) in [5.74, 6) is -0.0605. The van der Waals surface area contributed by atoms with Crippen molar-refractivity contribution in [3.8, 4) is 11.8 Å². The monoisotopic (exact) mass is 310 g/mol. The van der Waals surface area contributed by atoms with Crippen molar-refractivity contribution in [3.05, 3.63) is 29.6 Å². The molecule has 1 aromatic carbocycles. The van der Waals surface area contributed by atoms with E-state index in [0.29, 0.717) is 18.8 Å². The normalized spacial score (nSPS) is 20.9. The standard InChI is InChI=1S/C15H19FN2O2S/c1-15(2,3)21(19)18-13(9-17)11-6-7-20-14-8-10(16)4-5-12(11)14/h4-5,8,11,13,18H,6-7H2,1-3H3/t11-,13-,21?/m1/s1. The molecule has 4 nitrogen and oxygen atoms in total. The van der Waals surface area contributed by atoms with Gasteiger partial charge in [-0.1, -0.05) is 6.07 Å². The van der Waals surface area contributed by atoms with Crippen LogP contribution < -0.4 is 9.46 Å². The first-order chi connectivity index (χ1) is 9.82. The number of ether oxygens (including phenoxy) is 1. The predicted molar refractivity (Wildman–Crippen MR) is 79.7 cm³/mol. The van der Waals surface area contributed by atoms with Crippen molar-refractivity contribution in [3.63, 3.8) is 0 Å². The SMILES string of the molecule is CC(C)(C)[S+]([O-])N[C@H](C#N)[C@@H]1CCOc2cc(F)ccc21. The van der Waals surface area contributed by atoms with E-state index in [4.69, 9.17) is 4.74 Å². The van der Waals surface area contributed by atoms with Gasteiger partial charge in [0.1, 0.15) is 22.4 Å². The lowest BCUT2D eigenvalue weighted by Gasteiger charge is -2.32. The number of halogens is 1. The van der Waals surface area contributed by atoms with Crippen molar-refractivity contribution in [2.24, 2.45) is 0 Å². The molecule has 0 bridgehead atoms. The summed E-state index contributed by atoms with van der Waals surface area (Å²) in [4.78, 5) is 0. The molecule has 0 spiro atoms. The highest BCUT2D eigenvalue weighted by molar-refractivity contribution is 7.90. The average molecular weight is 310 g/mol. The maximum atomic E-state index is 13.3. The van der Waals surface area contributed by atoms with Crippen LogP contribution in [0.2, 0.25) is 0 Å². The zero-order chi connectivity index (χ0) is 15.6. The summed E-state index contributed by atoms with van der Waals surface area (Å²) in [6, 6.07) is 5.90. The van der Waals surface area contributed by atoms with Gasteiger partial charge in [-0.25, -0.2) is 4.39 Å². The van der Waals surface area contributed by atoms with Gasteiger partial charge in [0.2, 0.25) is 0 Å². The number of nitrogens with zero attached hydrogens (tertiary/aromatic N) is 1. The summed E-state index contributed by atoms with van der Waals surface area (Å²) in [5.41, 5.74) is 0.785. The van der Waals surface area contributed by atoms with Crippen molar-refractivity contribution >= 4 is 11.4 Å². The second-order valence-corrected chi connectivity index (χ2v) is 8.03. The zero-order valence-corrected chi connectivity index (χ0v) is 13.2. The van der Waals surface area contributed by atoms with Crippen LogP contribution in [0.15, 0.2) is 18.2 Å². The summed E-state index contributed by atoms with van der Waals surface area (Å²) in [6.07, 6.45) is 0.630. The zero-order valence-electron chi connectivity index (χ0n) is 12.4. The number of benzene rings is 1. The van der Waals surface area contributed by atoms with Crippen LogP contribution in [-0.2, 0) is 11.4 Å². The highest BCUT2D eigenvalue weighted by Crippen LogP contribution is 2.36. The van der Waals surface area contributed by atoms with Crippen LogP contribution in [0.5, 0.6) is 5.75 Å². The first-order valence-electron chi connectivity index (χ1n) is 6.83. The fraction of sp³-hybridized carbons (Fsp3) is 0.533. The summed E-state index contributed by atoms with van der Waals surface area (Å²) in [6.45, 7) is 5.96. The van der Waals surface area contributed by atoms with E-state index in [0.717, 1.165) is 5.56 Å². The Kier molecular flexibility index (Phi) is 4.77. The van der Waals surface area contributed by atoms with Gasteiger partial charge in [-0.3, -0.25) is 0 Å². The van der Waals surface area contributed by atoms with E-state index in [1.165, 1.54) is 12.1 Å². The molecular weight excluding hydrogens is 291 g/mol. The Morgan fingerprint density at radius 1 is 1.52 bits per heavy atom. The van der Waals surface area contributed by atoms with Gasteiger partial charge in [0.15, 0.2) is 0 Å². The number of fused-ring (bicyclic) bond motifs is 1. The average Bonchev–Trinajstić information content (AvgIpc) is 2.42. The van der Waals surface area contributed by atoms with Gasteiger partial charge in [0.25, 0.3) is 0 Å². The highest BCUT2D eigenvalue weighted by Gasteiger charge is 2.35. The third kappa shape index (κ3) is 3.67. The molecule has 1 aliphatic heterocycles. The van der Waals surface area contributed by atoms with Gasteiger partial charge < -0.3 is 9.29 Å². The van der Waals surface area contributed by atoms with Crippen molar-refractivity contribution < 1.29 is 13.7 Å². The molecule has 0 aromatic heterocycles. The molecular formula is C15H19FN2O2S. The van der Waals surface area contributed by atoms with Crippen LogP contribution in [0, 0.1) is 17.1 Å². The molecule has 1 N–H and O–H groups in total. The number of hydrogen-bond acceptors (Lipinski definition) is 4. The molecule has 3 atom stereocenters. The molecule has 0 amide bonds. The van der Waals surface area contributed by atoms with Crippen molar-refractivity contribution in [1.82, 2.24) is 4.72 Å². The van der Waals surface area contributed by atoms with Gasteiger partial charge in [0, 0.05) is 28.9 Å². The molecule has 2 rings (SSSR count). The second-order valence-electron chi connectivity index (χ2n) is 6.03. The summed E-state index contributed by atoms with van der Waals surface area (Å²) < 4.78 is 33.4. The Labute approximate surface area is 127 Å². The quantitative estimate of drug-likeness (QED) is 0.872. The maximum Gasteiger partial charge on any atom is 0.146 e. The predicted octanol–water partition coefficient (Wildman–Crippen LogP) is 2.64. The topological polar surface area (TPSA) is 68.1 Å². The van der Waals surface area contributed by atoms with Gasteiger partial charge in [0.05, 0.1) is 12.7 Å². The minimum Gasteiger partial charge on any atom is -0.598 e. The van der Waals surface area contributed by atoms with Crippen molar-refractivity contribution in [1.29, 1.82) is 5.26 Å². The van der Waals surface area contributed by atoms with Gasteiger partial charge >= 0.3 is 0 Å². The van der Waals surface area contributed by atoms with E-state index in [9.17, 15) is 14.2 Å². The number of nitriles is 1. The molecule has 21 heavy (non-hydrogen) atoms. The third-order valence-corrected chi connectivity index (χ3v) is 4.97. The molecule has 1 unspecified atom stereocenters. The summed E-state index contributed by atoms with van der Waals surface area (Å²) in [7, 11) is 0. The summed E-state index contributed by atoms with van der Waals surface area (Å²) >= 11 is -1.34. The lowest BCUT2D eigenvalue weighted by molar-refractivity contribution is 0.258. The van der Waals surface area contributed by atoms with E-state index < -0.39 is 22.2 Å². The fourth-order valence-corrected chi connectivity index (χ4v) is 3.03. The maximum absolute atomic E-state index is 13.3. The second kappa shape index (κ2) is 6.22. The molecule has 0 radical (unpaired) electrons. The number of rotatable bonds is 3. The molecule has 0 saturated carbocycles. The van der Waals surface area contributed by atoms with Crippen LogP contribution in [0.1, 0.15) is 38.7 Å². The Morgan fingerprint density at radius 3 is 2.86 bits per heavy atom. The smallest absolute Gasteiger partial charge is 0.146 e. The third-order valence-electron chi connectivity index (χ3n) is 3.39. The Morgan fingerprint density at radius 2 is 2.24 bits per heavy atom. The first kappa shape index (κ1) is 16.1.